The van der Waals surface area contributed by atoms with E-state index in [1.54, 1.807) is 18.2 Å². The predicted molar refractivity (Wildman–Crippen MR) is 73.0 cm³/mol. The van der Waals surface area contributed by atoms with Crippen LogP contribution < -0.4 is 10.6 Å². The smallest absolute Gasteiger partial charge is 0.339 e. The van der Waals surface area contributed by atoms with Gasteiger partial charge in [0.1, 0.15) is 11.3 Å². The molecule has 0 saturated carbocycles. The van der Waals surface area contributed by atoms with Gasteiger partial charge in [0.2, 0.25) is 0 Å². The van der Waals surface area contributed by atoms with E-state index in [-0.39, 0.29) is 22.8 Å². The van der Waals surface area contributed by atoms with E-state index in [2.05, 4.69) is 10.6 Å². The molecule has 1 aromatic heterocycles. The van der Waals surface area contributed by atoms with Crippen LogP contribution in [0.3, 0.4) is 0 Å². The molecule has 20 heavy (non-hydrogen) atoms. The zero-order chi connectivity index (χ0) is 14.5. The number of anilines is 1. The molecular formula is C13H11ClN2O4. The first-order valence-corrected chi connectivity index (χ1v) is 6.05. The maximum atomic E-state index is 11.7. The zero-order valence-corrected chi connectivity index (χ0v) is 11.0. The number of furan rings is 1. The molecule has 0 radical (unpaired) electrons. The van der Waals surface area contributed by atoms with E-state index in [4.69, 9.17) is 21.1 Å². The molecule has 2 rings (SSSR count). The lowest BCUT2D eigenvalue weighted by Gasteiger charge is -2.10. The number of amides is 2. The number of nitrogens with one attached hydrogen (secondary N) is 2. The number of aromatic carboxylic acids is 1. The number of rotatable bonds is 4. The maximum absolute atomic E-state index is 11.7. The Labute approximate surface area is 119 Å². The minimum absolute atomic E-state index is 0.0568. The number of urea groups is 1. The Bertz CT molecular complexity index is 625. The fourth-order valence-corrected chi connectivity index (χ4v) is 1.85. The summed E-state index contributed by atoms with van der Waals surface area (Å²) in [6, 6.07) is 7.32. The fraction of sp³-hybridized carbons (Fsp3) is 0.0769. The number of carboxylic acid groups (broad SMARTS) is 1. The summed E-state index contributed by atoms with van der Waals surface area (Å²) in [5, 5.41) is 14.1. The highest BCUT2D eigenvalue weighted by atomic mass is 35.5. The SMILES string of the molecule is O=C(NCc1ccco1)Nc1cccc(Cl)c1C(=O)O. The highest BCUT2D eigenvalue weighted by molar-refractivity contribution is 6.34. The van der Waals surface area contributed by atoms with Crippen LogP contribution in [-0.4, -0.2) is 17.1 Å². The standard InChI is InChI=1S/C13H11ClN2O4/c14-9-4-1-5-10(11(9)12(17)18)16-13(19)15-7-8-3-2-6-20-8/h1-6H,7H2,(H,17,18)(H2,15,16,19). The third-order valence-electron chi connectivity index (χ3n) is 2.48. The molecule has 0 unspecified atom stereocenters. The molecule has 7 heteroatoms. The summed E-state index contributed by atoms with van der Waals surface area (Å²) in [7, 11) is 0. The van der Waals surface area contributed by atoms with Gasteiger partial charge in [0.05, 0.1) is 23.5 Å². The first kappa shape index (κ1) is 14.0. The van der Waals surface area contributed by atoms with Crippen LogP contribution in [0, 0.1) is 0 Å². The van der Waals surface area contributed by atoms with Gasteiger partial charge in [-0.3, -0.25) is 0 Å². The Kier molecular flexibility index (Phi) is 4.27. The van der Waals surface area contributed by atoms with Crippen LogP contribution in [-0.2, 0) is 6.54 Å². The summed E-state index contributed by atoms with van der Waals surface area (Å²) in [6.45, 7) is 0.196. The Morgan fingerprint density at radius 3 is 2.70 bits per heavy atom. The molecule has 104 valence electrons. The molecule has 0 aliphatic carbocycles. The molecule has 0 spiro atoms. The van der Waals surface area contributed by atoms with Crippen molar-refractivity contribution in [1.82, 2.24) is 5.32 Å². The Hall–Kier alpha value is -2.47. The molecule has 6 nitrogen and oxygen atoms in total. The van der Waals surface area contributed by atoms with Crippen molar-refractivity contribution >= 4 is 29.3 Å². The number of hydrogen-bond acceptors (Lipinski definition) is 3. The van der Waals surface area contributed by atoms with Crippen LogP contribution in [0.5, 0.6) is 0 Å². The lowest BCUT2D eigenvalue weighted by atomic mass is 10.2. The van der Waals surface area contributed by atoms with Crippen LogP contribution in [0.1, 0.15) is 16.1 Å². The van der Waals surface area contributed by atoms with Gasteiger partial charge < -0.3 is 20.2 Å². The Morgan fingerprint density at radius 2 is 2.05 bits per heavy atom. The highest BCUT2D eigenvalue weighted by Crippen LogP contribution is 2.24. The second kappa shape index (κ2) is 6.12. The summed E-state index contributed by atoms with van der Waals surface area (Å²) in [4.78, 5) is 22.8. The Balaban J connectivity index is 2.04. The summed E-state index contributed by atoms with van der Waals surface area (Å²) in [6.07, 6.45) is 1.49. The lowest BCUT2D eigenvalue weighted by molar-refractivity contribution is 0.0698. The van der Waals surface area contributed by atoms with Crippen molar-refractivity contribution in [2.75, 3.05) is 5.32 Å². The second-order valence-electron chi connectivity index (χ2n) is 3.85. The molecule has 0 bridgehead atoms. The van der Waals surface area contributed by atoms with Gasteiger partial charge in [-0.15, -0.1) is 0 Å². The van der Waals surface area contributed by atoms with Gasteiger partial charge in [-0.2, -0.15) is 0 Å². The normalized spacial score (nSPS) is 10.1. The van der Waals surface area contributed by atoms with Gasteiger partial charge in [-0.05, 0) is 24.3 Å². The van der Waals surface area contributed by atoms with Crippen LogP contribution in [0.4, 0.5) is 10.5 Å². The first-order valence-electron chi connectivity index (χ1n) is 5.67. The molecule has 3 N–H and O–H groups in total. The number of carbonyl (C=O) groups excluding carboxylic acids is 1. The van der Waals surface area contributed by atoms with E-state index in [9.17, 15) is 9.59 Å². The second-order valence-corrected chi connectivity index (χ2v) is 4.26. The molecule has 1 heterocycles. The number of carboxylic acids is 1. The van der Waals surface area contributed by atoms with Crippen molar-refractivity contribution < 1.29 is 19.1 Å². The van der Waals surface area contributed by atoms with E-state index < -0.39 is 12.0 Å². The minimum atomic E-state index is -1.21. The van der Waals surface area contributed by atoms with Gasteiger partial charge in [0, 0.05) is 0 Å². The Morgan fingerprint density at radius 1 is 1.25 bits per heavy atom. The third kappa shape index (κ3) is 3.30. The van der Waals surface area contributed by atoms with Crippen LogP contribution in [0.15, 0.2) is 41.0 Å². The predicted octanol–water partition coefficient (Wildman–Crippen LogP) is 2.95. The van der Waals surface area contributed by atoms with Gasteiger partial charge in [-0.1, -0.05) is 17.7 Å². The largest absolute Gasteiger partial charge is 0.478 e. The van der Waals surface area contributed by atoms with Crippen LogP contribution in [0.25, 0.3) is 0 Å². The van der Waals surface area contributed by atoms with Crippen molar-refractivity contribution in [3.05, 3.63) is 52.9 Å². The highest BCUT2D eigenvalue weighted by Gasteiger charge is 2.15. The topological polar surface area (TPSA) is 91.6 Å². The monoisotopic (exact) mass is 294 g/mol. The maximum Gasteiger partial charge on any atom is 0.339 e. The number of benzene rings is 1. The van der Waals surface area contributed by atoms with E-state index in [0.717, 1.165) is 0 Å². The average Bonchev–Trinajstić information content (AvgIpc) is 2.89. The van der Waals surface area contributed by atoms with Gasteiger partial charge in [0.25, 0.3) is 0 Å². The number of hydrogen-bond donors (Lipinski definition) is 3. The summed E-state index contributed by atoms with van der Waals surface area (Å²) in [5.41, 5.74) is -0.0238. The van der Waals surface area contributed by atoms with Crippen LogP contribution >= 0.6 is 11.6 Å². The minimum Gasteiger partial charge on any atom is -0.478 e. The molecule has 0 saturated heterocycles. The average molecular weight is 295 g/mol. The van der Waals surface area contributed by atoms with Gasteiger partial charge in [0.15, 0.2) is 0 Å². The zero-order valence-electron chi connectivity index (χ0n) is 10.2. The molecule has 0 fully saturated rings. The van der Waals surface area contributed by atoms with Crippen molar-refractivity contribution in [3.63, 3.8) is 0 Å². The van der Waals surface area contributed by atoms with Gasteiger partial charge in [-0.25, -0.2) is 9.59 Å². The van der Waals surface area contributed by atoms with Crippen LogP contribution in [0.2, 0.25) is 5.02 Å². The molecule has 2 amide bonds. The van der Waals surface area contributed by atoms with E-state index in [1.165, 1.54) is 18.4 Å². The van der Waals surface area contributed by atoms with E-state index in [0.29, 0.717) is 5.76 Å². The molecule has 0 aliphatic heterocycles. The fourth-order valence-electron chi connectivity index (χ4n) is 1.59. The van der Waals surface area contributed by atoms with Crippen molar-refractivity contribution in [2.45, 2.75) is 6.54 Å². The summed E-state index contributed by atoms with van der Waals surface area (Å²) in [5.74, 6) is -0.623. The summed E-state index contributed by atoms with van der Waals surface area (Å²) < 4.78 is 5.06. The molecule has 2 aromatic rings. The first-order chi connectivity index (χ1) is 9.58. The number of carbonyl (C=O) groups is 2. The quantitative estimate of drug-likeness (QED) is 0.808. The van der Waals surface area contributed by atoms with E-state index >= 15 is 0 Å². The van der Waals surface area contributed by atoms with Gasteiger partial charge >= 0.3 is 12.0 Å². The molecule has 0 aliphatic rings. The van der Waals surface area contributed by atoms with Crippen molar-refractivity contribution in [3.8, 4) is 0 Å². The third-order valence-corrected chi connectivity index (χ3v) is 2.79. The summed E-state index contributed by atoms with van der Waals surface area (Å²) >= 11 is 5.80. The molecule has 0 atom stereocenters. The number of halogens is 1. The lowest BCUT2D eigenvalue weighted by Crippen LogP contribution is -2.28. The van der Waals surface area contributed by atoms with Crippen molar-refractivity contribution in [2.24, 2.45) is 0 Å². The van der Waals surface area contributed by atoms with Crippen molar-refractivity contribution in [1.29, 1.82) is 0 Å². The molecular weight excluding hydrogens is 284 g/mol. The van der Waals surface area contributed by atoms with E-state index in [1.807, 2.05) is 0 Å². The molecule has 1 aromatic carbocycles.